The van der Waals surface area contributed by atoms with Crippen LogP contribution < -0.4 is 10.1 Å². The molecule has 0 spiro atoms. The van der Waals surface area contributed by atoms with Crippen LogP contribution in [0.4, 0.5) is 0 Å². The number of rotatable bonds is 6. The zero-order valence-corrected chi connectivity index (χ0v) is 13.2. The Morgan fingerprint density at radius 3 is 2.90 bits per heavy atom. The average molecular weight is 286 g/mol. The molecular weight excluding hydrogens is 260 g/mol. The molecule has 1 N–H and O–H groups in total. The average Bonchev–Trinajstić information content (AvgIpc) is 2.54. The maximum Gasteiger partial charge on any atom is 0.122 e. The number of nitrogens with one attached hydrogen (secondary N) is 1. The van der Waals surface area contributed by atoms with Gasteiger partial charge in [0.05, 0.1) is 6.07 Å². The van der Waals surface area contributed by atoms with E-state index in [1.54, 1.807) is 0 Å². The normalized spacial score (nSPS) is 25.3. The highest BCUT2D eigenvalue weighted by Crippen LogP contribution is 2.32. The molecule has 1 aliphatic rings. The van der Waals surface area contributed by atoms with E-state index in [-0.39, 0.29) is 6.10 Å². The van der Waals surface area contributed by atoms with Gasteiger partial charge in [-0.15, -0.1) is 0 Å². The third-order valence-corrected chi connectivity index (χ3v) is 4.28. The minimum Gasteiger partial charge on any atom is -0.490 e. The molecule has 1 saturated carbocycles. The highest BCUT2D eigenvalue weighted by atomic mass is 16.5. The summed E-state index contributed by atoms with van der Waals surface area (Å²) in [6.07, 6.45) is 5.95. The summed E-state index contributed by atoms with van der Waals surface area (Å²) in [6.45, 7) is 5.17. The van der Waals surface area contributed by atoms with Crippen LogP contribution in [-0.4, -0.2) is 18.2 Å². The van der Waals surface area contributed by atoms with Gasteiger partial charge in [0.2, 0.25) is 0 Å². The zero-order valence-electron chi connectivity index (χ0n) is 13.2. The number of hydrogen-bond donors (Lipinski definition) is 1. The first-order valence-corrected chi connectivity index (χ1v) is 8.14. The van der Waals surface area contributed by atoms with Crippen molar-refractivity contribution in [1.82, 2.24) is 5.32 Å². The molecule has 2 rings (SSSR count). The van der Waals surface area contributed by atoms with Crippen LogP contribution in [0.25, 0.3) is 0 Å². The van der Waals surface area contributed by atoms with Crippen LogP contribution in [-0.2, 0) is 6.42 Å². The summed E-state index contributed by atoms with van der Waals surface area (Å²) in [5, 5.41) is 13.0. The lowest BCUT2D eigenvalue weighted by Crippen LogP contribution is -2.50. The van der Waals surface area contributed by atoms with Crippen LogP contribution in [0.2, 0.25) is 0 Å². The SMILES string of the molecule is CCCNC1(C#N)CCCC(Oc2ccccc2CC)C1. The Morgan fingerprint density at radius 2 is 2.19 bits per heavy atom. The standard InChI is InChI=1S/C18H26N2O/c1-3-12-20-18(14-19)11-7-9-16(13-18)21-17-10-6-5-8-15(17)4-2/h5-6,8,10,16,20H,3-4,7,9,11-13H2,1-2H3. The largest absolute Gasteiger partial charge is 0.490 e. The summed E-state index contributed by atoms with van der Waals surface area (Å²) in [4.78, 5) is 0. The van der Waals surface area contributed by atoms with E-state index < -0.39 is 5.54 Å². The molecule has 0 aromatic heterocycles. The van der Waals surface area contributed by atoms with Crippen molar-refractivity contribution in [3.8, 4) is 11.8 Å². The molecule has 3 nitrogen and oxygen atoms in total. The second kappa shape index (κ2) is 7.47. The number of aryl methyl sites for hydroxylation is 1. The van der Waals surface area contributed by atoms with Gasteiger partial charge >= 0.3 is 0 Å². The fourth-order valence-electron chi connectivity index (χ4n) is 3.08. The molecule has 0 bridgehead atoms. The van der Waals surface area contributed by atoms with Crippen molar-refractivity contribution in [2.75, 3.05) is 6.54 Å². The van der Waals surface area contributed by atoms with Gasteiger partial charge in [-0.25, -0.2) is 0 Å². The van der Waals surface area contributed by atoms with E-state index in [1.165, 1.54) is 5.56 Å². The van der Waals surface area contributed by atoms with E-state index in [1.807, 2.05) is 12.1 Å². The van der Waals surface area contributed by atoms with Gasteiger partial charge in [-0.2, -0.15) is 5.26 Å². The molecule has 0 amide bonds. The third kappa shape index (κ3) is 3.98. The van der Waals surface area contributed by atoms with Gasteiger partial charge in [0.25, 0.3) is 0 Å². The topological polar surface area (TPSA) is 45.0 Å². The molecule has 0 saturated heterocycles. The second-order valence-corrected chi connectivity index (χ2v) is 5.92. The summed E-state index contributed by atoms with van der Waals surface area (Å²) in [5.74, 6) is 0.981. The molecule has 3 heteroatoms. The third-order valence-electron chi connectivity index (χ3n) is 4.28. The number of hydrogen-bond acceptors (Lipinski definition) is 3. The Balaban J connectivity index is 2.05. The van der Waals surface area contributed by atoms with Gasteiger partial charge in [-0.1, -0.05) is 32.0 Å². The molecule has 2 unspecified atom stereocenters. The zero-order chi connectivity index (χ0) is 15.1. The molecular formula is C18H26N2O. The van der Waals surface area contributed by atoms with Crippen molar-refractivity contribution in [3.05, 3.63) is 29.8 Å². The van der Waals surface area contributed by atoms with Crippen molar-refractivity contribution in [3.63, 3.8) is 0 Å². The first-order chi connectivity index (χ1) is 10.2. The predicted molar refractivity (Wildman–Crippen MR) is 85.3 cm³/mol. The van der Waals surface area contributed by atoms with E-state index in [4.69, 9.17) is 4.74 Å². The smallest absolute Gasteiger partial charge is 0.122 e. The van der Waals surface area contributed by atoms with Gasteiger partial charge in [0.15, 0.2) is 0 Å². The summed E-state index contributed by atoms with van der Waals surface area (Å²) in [5.41, 5.74) is 0.840. The molecule has 21 heavy (non-hydrogen) atoms. The Bertz CT molecular complexity index is 494. The minimum atomic E-state index is -0.403. The van der Waals surface area contributed by atoms with Gasteiger partial charge in [-0.05, 0) is 50.3 Å². The quantitative estimate of drug-likeness (QED) is 0.864. The highest BCUT2D eigenvalue weighted by Gasteiger charge is 2.37. The van der Waals surface area contributed by atoms with Gasteiger partial charge in [0, 0.05) is 6.42 Å². The number of para-hydroxylation sites is 1. The van der Waals surface area contributed by atoms with Crippen molar-refractivity contribution >= 4 is 0 Å². The van der Waals surface area contributed by atoms with Crippen molar-refractivity contribution < 1.29 is 4.74 Å². The molecule has 114 valence electrons. The lowest BCUT2D eigenvalue weighted by molar-refractivity contribution is 0.112. The molecule has 0 radical (unpaired) electrons. The second-order valence-electron chi connectivity index (χ2n) is 5.92. The van der Waals surface area contributed by atoms with E-state index in [9.17, 15) is 5.26 Å². The molecule has 1 aromatic rings. The van der Waals surface area contributed by atoms with E-state index in [0.717, 1.165) is 50.8 Å². The lowest BCUT2D eigenvalue weighted by Gasteiger charge is -2.36. The fourth-order valence-corrected chi connectivity index (χ4v) is 3.08. The van der Waals surface area contributed by atoms with E-state index >= 15 is 0 Å². The first-order valence-electron chi connectivity index (χ1n) is 8.14. The molecule has 1 aromatic carbocycles. The molecule has 1 aliphatic carbocycles. The fraction of sp³-hybridized carbons (Fsp3) is 0.611. The predicted octanol–water partition coefficient (Wildman–Crippen LogP) is 3.83. The van der Waals surface area contributed by atoms with Gasteiger partial charge in [0.1, 0.15) is 17.4 Å². The molecule has 1 fully saturated rings. The van der Waals surface area contributed by atoms with Crippen molar-refractivity contribution in [2.24, 2.45) is 0 Å². The van der Waals surface area contributed by atoms with Crippen molar-refractivity contribution in [2.45, 2.75) is 64.0 Å². The Labute approximate surface area is 128 Å². The van der Waals surface area contributed by atoms with E-state index in [0.29, 0.717) is 0 Å². The number of nitrogens with zero attached hydrogens (tertiary/aromatic N) is 1. The van der Waals surface area contributed by atoms with Crippen LogP contribution in [0.3, 0.4) is 0 Å². The molecule has 0 heterocycles. The molecule has 0 aliphatic heterocycles. The van der Waals surface area contributed by atoms with Gasteiger partial charge in [-0.3, -0.25) is 5.32 Å². The number of benzene rings is 1. The Kier molecular flexibility index (Phi) is 5.64. The number of nitriles is 1. The molecule has 2 atom stereocenters. The lowest BCUT2D eigenvalue weighted by atomic mass is 9.81. The van der Waals surface area contributed by atoms with Crippen molar-refractivity contribution in [1.29, 1.82) is 5.26 Å². The van der Waals surface area contributed by atoms with Crippen LogP contribution in [0.1, 0.15) is 51.5 Å². The van der Waals surface area contributed by atoms with Crippen LogP contribution in [0.15, 0.2) is 24.3 Å². The van der Waals surface area contributed by atoms with E-state index in [2.05, 4.69) is 37.4 Å². The monoisotopic (exact) mass is 286 g/mol. The van der Waals surface area contributed by atoms with Gasteiger partial charge < -0.3 is 4.74 Å². The van der Waals surface area contributed by atoms with Crippen LogP contribution in [0.5, 0.6) is 5.75 Å². The Morgan fingerprint density at radius 1 is 1.38 bits per heavy atom. The summed E-state index contributed by atoms with van der Waals surface area (Å²) >= 11 is 0. The summed E-state index contributed by atoms with van der Waals surface area (Å²) in [6, 6.07) is 10.7. The maximum atomic E-state index is 9.58. The minimum absolute atomic E-state index is 0.135. The Hall–Kier alpha value is -1.53. The van der Waals surface area contributed by atoms with Crippen LogP contribution >= 0.6 is 0 Å². The number of ether oxygens (including phenoxy) is 1. The van der Waals surface area contributed by atoms with Crippen LogP contribution in [0, 0.1) is 11.3 Å². The summed E-state index contributed by atoms with van der Waals surface area (Å²) in [7, 11) is 0. The highest BCUT2D eigenvalue weighted by molar-refractivity contribution is 5.33. The first kappa shape index (κ1) is 15.9. The summed E-state index contributed by atoms with van der Waals surface area (Å²) < 4.78 is 6.22. The maximum absolute atomic E-state index is 9.58.